The van der Waals surface area contributed by atoms with Crippen molar-refractivity contribution in [3.05, 3.63) is 110 Å². The minimum atomic E-state index is -5.10. The predicted octanol–water partition coefficient (Wildman–Crippen LogP) is 4.69. The maximum absolute atomic E-state index is 13.5. The minimum absolute atomic E-state index is 0.00728. The van der Waals surface area contributed by atoms with E-state index in [0.29, 0.717) is 11.4 Å². The Labute approximate surface area is 335 Å². The normalized spacial score (nSPS) is 15.4. The summed E-state index contributed by atoms with van der Waals surface area (Å²) >= 11 is 0. The lowest BCUT2D eigenvalue weighted by atomic mass is 9.94. The second kappa shape index (κ2) is 15.9. The van der Waals surface area contributed by atoms with Gasteiger partial charge in [-0.05, 0) is 90.4 Å². The van der Waals surface area contributed by atoms with Gasteiger partial charge in [0.2, 0.25) is 11.6 Å². The highest BCUT2D eigenvalue weighted by atomic mass is 32.2. The van der Waals surface area contributed by atoms with Crippen LogP contribution in [0.25, 0.3) is 12.2 Å². The van der Waals surface area contributed by atoms with Gasteiger partial charge in [0, 0.05) is 28.6 Å². The first kappa shape index (κ1) is 41.9. The standard InChI is InChI=1S/C36H30N6O14S3/c1-18-12-26(28(56-3)17-29(18)57(46,47)48)40-42-33-31(59(52,53)54)16-20-14-22(9-11-24(20)35(33)44)38-36(45)37-21-8-10-23-19(13-21)15-30(58(49,50)51)32(34(23)43)41-39-25-6-4-5-7-27(25)55-2/h4-17,39-40H,1-3H3,(H2,37,38,45)(H,46,47,48)(H,49,50,51)(H,52,53,54)/b41-32-,42-33-. The fourth-order valence-electron chi connectivity index (χ4n) is 5.90. The Morgan fingerprint density at radius 2 is 1.08 bits per heavy atom. The van der Waals surface area contributed by atoms with Gasteiger partial charge in [0.05, 0.1) is 25.6 Å². The van der Waals surface area contributed by atoms with E-state index >= 15 is 0 Å². The van der Waals surface area contributed by atoms with E-state index in [9.17, 15) is 53.3 Å². The quantitative estimate of drug-likeness (QED) is 0.0794. The molecule has 0 saturated carbocycles. The van der Waals surface area contributed by atoms with Gasteiger partial charge in [0.1, 0.15) is 26.2 Å². The molecule has 0 spiro atoms. The van der Waals surface area contributed by atoms with Crippen molar-refractivity contribution < 1.29 is 62.8 Å². The Balaban J connectivity index is 1.23. The van der Waals surface area contributed by atoms with E-state index in [-0.39, 0.29) is 50.6 Å². The number of benzene rings is 4. The molecule has 0 unspecified atom stereocenters. The first-order chi connectivity index (χ1) is 27.7. The number of fused-ring (bicyclic) bond motifs is 2. The number of ketones is 2. The van der Waals surface area contributed by atoms with Crippen LogP contribution in [0.5, 0.6) is 11.5 Å². The van der Waals surface area contributed by atoms with Gasteiger partial charge in [0.25, 0.3) is 30.4 Å². The first-order valence-electron chi connectivity index (χ1n) is 16.5. The zero-order chi connectivity index (χ0) is 43.0. The lowest BCUT2D eigenvalue weighted by molar-refractivity contribution is 0.105. The molecule has 2 aliphatic rings. The number of nitrogens with zero attached hydrogens (tertiary/aromatic N) is 2. The smallest absolute Gasteiger partial charge is 0.323 e. The summed E-state index contributed by atoms with van der Waals surface area (Å²) in [5.41, 5.74) is 3.96. The molecule has 59 heavy (non-hydrogen) atoms. The maximum Gasteiger partial charge on any atom is 0.323 e. The van der Waals surface area contributed by atoms with Gasteiger partial charge in [-0.1, -0.05) is 12.1 Å². The molecular weight excluding hydrogens is 837 g/mol. The molecule has 0 aromatic heterocycles. The number of hydrogen-bond donors (Lipinski definition) is 7. The number of anilines is 4. The van der Waals surface area contributed by atoms with Gasteiger partial charge in [-0.15, -0.1) is 0 Å². The average molecular weight is 867 g/mol. The highest BCUT2D eigenvalue weighted by Gasteiger charge is 2.35. The number of carbonyl (C=O) groups excluding carboxylic acids is 3. The first-order valence-corrected chi connectivity index (χ1v) is 20.8. The number of nitrogens with one attached hydrogen (secondary N) is 4. The molecule has 0 atom stereocenters. The van der Waals surface area contributed by atoms with E-state index in [1.54, 1.807) is 24.3 Å². The minimum Gasteiger partial charge on any atom is -0.495 e. The van der Waals surface area contributed by atoms with Crippen molar-refractivity contribution in [1.29, 1.82) is 0 Å². The molecule has 7 N–H and O–H groups in total. The van der Waals surface area contributed by atoms with Crippen molar-refractivity contribution in [2.45, 2.75) is 11.8 Å². The van der Waals surface area contributed by atoms with Crippen molar-refractivity contribution in [3.8, 4) is 11.5 Å². The monoisotopic (exact) mass is 866 g/mol. The van der Waals surface area contributed by atoms with Crippen LogP contribution in [0.2, 0.25) is 0 Å². The van der Waals surface area contributed by atoms with Gasteiger partial charge in [-0.3, -0.25) is 34.1 Å². The summed E-state index contributed by atoms with van der Waals surface area (Å²) in [6.45, 7) is 1.35. The summed E-state index contributed by atoms with van der Waals surface area (Å²) in [5, 5.41) is 12.8. The third-order valence-corrected chi connectivity index (χ3v) is 11.3. The van der Waals surface area contributed by atoms with Crippen LogP contribution >= 0.6 is 0 Å². The van der Waals surface area contributed by atoms with Crippen LogP contribution in [0, 0.1) is 6.92 Å². The summed E-state index contributed by atoms with van der Waals surface area (Å²) < 4.78 is 113. The second-order valence-electron chi connectivity index (χ2n) is 12.4. The third-order valence-electron chi connectivity index (χ3n) is 8.59. The molecule has 0 fully saturated rings. The summed E-state index contributed by atoms with van der Waals surface area (Å²) in [7, 11) is -12.1. The summed E-state index contributed by atoms with van der Waals surface area (Å²) in [4.78, 5) is 37.8. The van der Waals surface area contributed by atoms with Crippen LogP contribution in [0.1, 0.15) is 37.4 Å². The summed E-state index contributed by atoms with van der Waals surface area (Å²) in [6, 6.07) is 15.5. The highest BCUT2D eigenvalue weighted by molar-refractivity contribution is 7.91. The van der Waals surface area contributed by atoms with Crippen LogP contribution in [-0.4, -0.2) is 82.2 Å². The van der Waals surface area contributed by atoms with Crippen molar-refractivity contribution in [3.63, 3.8) is 0 Å². The molecule has 0 aliphatic heterocycles. The van der Waals surface area contributed by atoms with E-state index in [1.807, 2.05) is 0 Å². The van der Waals surface area contributed by atoms with Gasteiger partial charge >= 0.3 is 6.03 Å². The molecule has 20 nitrogen and oxygen atoms in total. The third kappa shape index (κ3) is 8.89. The van der Waals surface area contributed by atoms with E-state index in [4.69, 9.17) is 9.47 Å². The van der Waals surface area contributed by atoms with E-state index in [1.165, 1.54) is 63.6 Å². The number of amides is 2. The zero-order valence-corrected chi connectivity index (χ0v) is 33.0. The number of methoxy groups -OCH3 is 2. The summed E-state index contributed by atoms with van der Waals surface area (Å²) in [5.74, 6) is -1.63. The molecule has 23 heteroatoms. The van der Waals surface area contributed by atoms with Gasteiger partial charge < -0.3 is 20.1 Å². The lowest BCUT2D eigenvalue weighted by Crippen LogP contribution is -2.27. The molecule has 306 valence electrons. The predicted molar refractivity (Wildman–Crippen MR) is 216 cm³/mol. The van der Waals surface area contributed by atoms with Gasteiger partial charge in [-0.2, -0.15) is 35.5 Å². The number of para-hydroxylation sites is 2. The van der Waals surface area contributed by atoms with Crippen LogP contribution in [0.15, 0.2) is 97.7 Å². The lowest BCUT2D eigenvalue weighted by Gasteiger charge is -2.18. The maximum atomic E-state index is 13.5. The number of aryl methyl sites for hydroxylation is 1. The van der Waals surface area contributed by atoms with E-state index < -0.39 is 74.1 Å². The van der Waals surface area contributed by atoms with Crippen LogP contribution in [-0.2, 0) is 30.4 Å². The Kier molecular flexibility index (Phi) is 11.3. The number of ether oxygens (including phenoxy) is 2. The second-order valence-corrected chi connectivity index (χ2v) is 16.6. The molecule has 2 amide bonds. The fraction of sp³-hybridized carbons (Fsp3) is 0.0833. The number of carbonyl (C=O) groups is 3. The number of Topliss-reactive ketones (excluding diaryl/α,β-unsaturated/α-hetero) is 2. The molecule has 0 saturated heterocycles. The number of allylic oxidation sites excluding steroid dienone is 2. The molecule has 4 aromatic carbocycles. The molecule has 0 bridgehead atoms. The Morgan fingerprint density at radius 1 is 0.610 bits per heavy atom. The van der Waals surface area contributed by atoms with Crippen molar-refractivity contribution in [1.82, 2.24) is 0 Å². The van der Waals surface area contributed by atoms with Crippen molar-refractivity contribution in [2.75, 3.05) is 35.7 Å². The summed E-state index contributed by atoms with van der Waals surface area (Å²) in [6.07, 6.45) is 1.93. The average Bonchev–Trinajstić information content (AvgIpc) is 3.15. The van der Waals surface area contributed by atoms with E-state index in [2.05, 4.69) is 31.7 Å². The van der Waals surface area contributed by atoms with Crippen molar-refractivity contribution in [2.24, 2.45) is 10.2 Å². The Hall–Kier alpha value is -6.76. The number of hydrazone groups is 2. The molecular formula is C36H30N6O14S3. The molecule has 4 aromatic rings. The van der Waals surface area contributed by atoms with Gasteiger partial charge in [-0.25, -0.2) is 4.79 Å². The van der Waals surface area contributed by atoms with Gasteiger partial charge in [0.15, 0.2) is 11.4 Å². The highest BCUT2D eigenvalue weighted by Crippen LogP contribution is 2.33. The van der Waals surface area contributed by atoms with E-state index in [0.717, 1.165) is 18.2 Å². The van der Waals surface area contributed by atoms with Crippen LogP contribution < -0.4 is 31.0 Å². The number of rotatable bonds is 11. The zero-order valence-electron chi connectivity index (χ0n) is 30.5. The largest absolute Gasteiger partial charge is 0.495 e. The van der Waals surface area contributed by atoms with Crippen LogP contribution in [0.3, 0.4) is 0 Å². The number of hydrogen-bond acceptors (Lipinski definition) is 15. The molecule has 0 radical (unpaired) electrons. The fourth-order valence-corrected chi connectivity index (χ4v) is 7.94. The Morgan fingerprint density at radius 3 is 1.54 bits per heavy atom. The number of urea groups is 1. The Bertz CT molecular complexity index is 2960. The molecule has 0 heterocycles. The molecule has 2 aliphatic carbocycles. The van der Waals surface area contributed by atoms with Crippen molar-refractivity contribution >= 4 is 94.3 Å². The topological polar surface area (TPSA) is 306 Å². The van der Waals surface area contributed by atoms with Crippen LogP contribution in [0.4, 0.5) is 27.5 Å². The SMILES string of the molecule is COc1ccccc1N/N=C1\C(=O)c2ccc(NC(=O)Nc3ccc4c(c3)C=C(S(=O)(=O)O)/C(=N/Nc3cc(C)c(S(=O)(=O)O)cc3OC)C4=O)cc2C=C1S(=O)(=O)O. The molecule has 6 rings (SSSR count).